The Morgan fingerprint density at radius 2 is 2.03 bits per heavy atom. The van der Waals surface area contributed by atoms with E-state index in [0.29, 0.717) is 6.42 Å². The fraction of sp³-hybridized carbons (Fsp3) is 0.522. The fourth-order valence-electron chi connectivity index (χ4n) is 4.43. The van der Waals surface area contributed by atoms with Crippen molar-refractivity contribution in [3.63, 3.8) is 0 Å². The smallest absolute Gasteiger partial charge is 0.226 e. The zero-order chi connectivity index (χ0) is 20.1. The summed E-state index contributed by atoms with van der Waals surface area (Å²) in [5.41, 5.74) is 0.927. The second-order valence-corrected chi connectivity index (χ2v) is 9.11. The molecule has 0 saturated carbocycles. The van der Waals surface area contributed by atoms with E-state index in [1.54, 1.807) is 7.11 Å². The number of ether oxygens (including phenoxy) is 2. The summed E-state index contributed by atoms with van der Waals surface area (Å²) in [6.45, 7) is 5.34. The van der Waals surface area contributed by atoms with E-state index < -0.39 is 0 Å². The maximum atomic E-state index is 12.9. The average Bonchev–Trinajstić information content (AvgIpc) is 3.16. The van der Waals surface area contributed by atoms with Gasteiger partial charge in [0.1, 0.15) is 5.75 Å². The Labute approximate surface area is 177 Å². The molecule has 3 heterocycles. The van der Waals surface area contributed by atoms with Crippen LogP contribution in [-0.2, 0) is 22.5 Å². The molecular weight excluding hydrogens is 384 g/mol. The van der Waals surface area contributed by atoms with Gasteiger partial charge in [-0.15, -0.1) is 11.3 Å². The third-order valence-corrected chi connectivity index (χ3v) is 6.91. The number of morpholine rings is 1. The zero-order valence-corrected chi connectivity index (χ0v) is 18.0. The monoisotopic (exact) mass is 414 g/mol. The van der Waals surface area contributed by atoms with Crippen molar-refractivity contribution in [3.8, 4) is 5.75 Å². The highest BCUT2D eigenvalue weighted by Gasteiger charge is 2.38. The lowest BCUT2D eigenvalue weighted by Gasteiger charge is -2.42. The van der Waals surface area contributed by atoms with Crippen molar-refractivity contribution in [2.24, 2.45) is 0 Å². The number of hydrogen-bond donors (Lipinski definition) is 0. The minimum atomic E-state index is -0.106. The molecule has 0 radical (unpaired) electrons. The highest BCUT2D eigenvalue weighted by Crippen LogP contribution is 2.31. The number of nitrogens with zero attached hydrogens (tertiary/aromatic N) is 2. The van der Waals surface area contributed by atoms with Gasteiger partial charge < -0.3 is 14.4 Å². The van der Waals surface area contributed by atoms with E-state index in [4.69, 9.17) is 9.47 Å². The summed E-state index contributed by atoms with van der Waals surface area (Å²) < 4.78 is 11.5. The Bertz CT molecular complexity index is 793. The van der Waals surface area contributed by atoms with Gasteiger partial charge in [0.25, 0.3) is 0 Å². The van der Waals surface area contributed by atoms with E-state index in [1.165, 1.54) is 4.88 Å². The molecule has 2 aliphatic heterocycles. The van der Waals surface area contributed by atoms with Crippen molar-refractivity contribution >= 4 is 17.2 Å². The summed E-state index contributed by atoms with van der Waals surface area (Å²) in [7, 11) is 1.65. The lowest BCUT2D eigenvalue weighted by atomic mass is 9.92. The molecule has 4 rings (SSSR count). The highest BCUT2D eigenvalue weighted by atomic mass is 32.1. The van der Waals surface area contributed by atoms with Gasteiger partial charge in [0, 0.05) is 37.6 Å². The molecule has 0 aliphatic carbocycles. The van der Waals surface area contributed by atoms with Crippen LogP contribution >= 0.6 is 11.3 Å². The molecule has 0 bridgehead atoms. The van der Waals surface area contributed by atoms with Crippen molar-refractivity contribution in [1.82, 2.24) is 9.80 Å². The first-order chi connectivity index (χ1) is 14.2. The molecule has 1 spiro atoms. The summed E-state index contributed by atoms with van der Waals surface area (Å²) in [6, 6.07) is 12.1. The van der Waals surface area contributed by atoms with Crippen molar-refractivity contribution in [2.45, 2.75) is 37.8 Å². The Morgan fingerprint density at radius 3 is 2.79 bits per heavy atom. The molecule has 2 aliphatic rings. The molecule has 1 aromatic carbocycles. The van der Waals surface area contributed by atoms with E-state index >= 15 is 0 Å². The topological polar surface area (TPSA) is 42.0 Å². The molecule has 2 fully saturated rings. The number of rotatable bonds is 5. The summed E-state index contributed by atoms with van der Waals surface area (Å²) >= 11 is 1.82. The average molecular weight is 415 g/mol. The molecule has 0 unspecified atom stereocenters. The molecular formula is C23H30N2O3S. The van der Waals surface area contributed by atoms with Gasteiger partial charge in [-0.05, 0) is 48.4 Å². The van der Waals surface area contributed by atoms with E-state index in [-0.39, 0.29) is 11.5 Å². The van der Waals surface area contributed by atoms with Crippen molar-refractivity contribution in [2.75, 3.05) is 39.9 Å². The summed E-state index contributed by atoms with van der Waals surface area (Å²) in [5.74, 6) is 1.03. The van der Waals surface area contributed by atoms with Crippen LogP contribution in [0, 0.1) is 0 Å². The fourth-order valence-corrected chi connectivity index (χ4v) is 5.18. The SMILES string of the molecule is COc1ccc(CC(=O)N2CCC[C@@]3(CC2)CN(Cc2cccs2)CCO3)cc1. The molecule has 1 atom stereocenters. The lowest BCUT2D eigenvalue weighted by molar-refractivity contribution is -0.132. The van der Waals surface area contributed by atoms with Gasteiger partial charge in [0.2, 0.25) is 5.91 Å². The Balaban J connectivity index is 1.33. The van der Waals surface area contributed by atoms with Crippen LogP contribution in [0.2, 0.25) is 0 Å². The van der Waals surface area contributed by atoms with Gasteiger partial charge in [-0.1, -0.05) is 18.2 Å². The quantitative estimate of drug-likeness (QED) is 0.750. The van der Waals surface area contributed by atoms with Crippen LogP contribution in [0.3, 0.4) is 0 Å². The number of likely N-dealkylation sites (tertiary alicyclic amines) is 1. The predicted molar refractivity (Wildman–Crippen MR) is 115 cm³/mol. The molecule has 5 nitrogen and oxygen atoms in total. The van der Waals surface area contributed by atoms with Gasteiger partial charge >= 0.3 is 0 Å². The molecule has 0 N–H and O–H groups in total. The van der Waals surface area contributed by atoms with Crippen LogP contribution in [0.5, 0.6) is 5.75 Å². The number of carbonyl (C=O) groups is 1. The molecule has 156 valence electrons. The molecule has 6 heteroatoms. The molecule has 1 aromatic heterocycles. The molecule has 29 heavy (non-hydrogen) atoms. The van der Waals surface area contributed by atoms with Crippen LogP contribution in [0.15, 0.2) is 41.8 Å². The lowest BCUT2D eigenvalue weighted by Crippen LogP contribution is -2.51. The summed E-state index contributed by atoms with van der Waals surface area (Å²) in [6.07, 6.45) is 3.39. The van der Waals surface area contributed by atoms with E-state index in [2.05, 4.69) is 22.4 Å². The number of methoxy groups -OCH3 is 1. The van der Waals surface area contributed by atoms with Crippen LogP contribution in [0.25, 0.3) is 0 Å². The molecule has 2 aromatic rings. The number of hydrogen-bond acceptors (Lipinski definition) is 5. The van der Waals surface area contributed by atoms with Crippen LogP contribution < -0.4 is 4.74 Å². The van der Waals surface area contributed by atoms with Gasteiger partial charge in [-0.25, -0.2) is 0 Å². The predicted octanol–water partition coefficient (Wildman–Crippen LogP) is 3.58. The second-order valence-electron chi connectivity index (χ2n) is 8.08. The zero-order valence-electron chi connectivity index (χ0n) is 17.1. The van der Waals surface area contributed by atoms with Crippen molar-refractivity contribution < 1.29 is 14.3 Å². The summed E-state index contributed by atoms with van der Waals surface area (Å²) in [4.78, 5) is 18.8. The normalized spacial score (nSPS) is 23.1. The number of benzene rings is 1. The Morgan fingerprint density at radius 1 is 1.17 bits per heavy atom. The third kappa shape index (κ3) is 5.18. The van der Waals surface area contributed by atoms with Gasteiger partial charge in [0.05, 0.1) is 25.7 Å². The van der Waals surface area contributed by atoms with Gasteiger partial charge in [-0.2, -0.15) is 0 Å². The first-order valence-corrected chi connectivity index (χ1v) is 11.3. The number of amides is 1. The Hall–Kier alpha value is -1.89. The summed E-state index contributed by atoms with van der Waals surface area (Å²) in [5, 5.41) is 2.14. The van der Waals surface area contributed by atoms with E-state index in [1.807, 2.05) is 40.5 Å². The van der Waals surface area contributed by atoms with Crippen LogP contribution in [-0.4, -0.2) is 61.2 Å². The molecule has 2 saturated heterocycles. The van der Waals surface area contributed by atoms with E-state index in [9.17, 15) is 4.79 Å². The van der Waals surface area contributed by atoms with Crippen LogP contribution in [0.1, 0.15) is 29.7 Å². The molecule has 1 amide bonds. The number of thiophene rings is 1. The van der Waals surface area contributed by atoms with E-state index in [0.717, 1.165) is 69.9 Å². The van der Waals surface area contributed by atoms with Crippen molar-refractivity contribution in [1.29, 1.82) is 0 Å². The third-order valence-electron chi connectivity index (χ3n) is 6.05. The highest BCUT2D eigenvalue weighted by molar-refractivity contribution is 7.09. The van der Waals surface area contributed by atoms with Crippen LogP contribution in [0.4, 0.5) is 0 Å². The Kier molecular flexibility index (Phi) is 6.53. The first kappa shape index (κ1) is 20.4. The largest absolute Gasteiger partial charge is 0.497 e. The minimum absolute atomic E-state index is 0.106. The maximum Gasteiger partial charge on any atom is 0.226 e. The first-order valence-electron chi connectivity index (χ1n) is 10.5. The maximum absolute atomic E-state index is 12.9. The van der Waals surface area contributed by atoms with Gasteiger partial charge in [0.15, 0.2) is 0 Å². The standard InChI is InChI=1S/C23H30N2O3S/c1-27-20-7-5-19(6-8-20)16-22(26)25-11-3-9-23(10-12-25)18-24(13-14-28-23)17-21-4-2-15-29-21/h2,4-8,15H,3,9-14,16-18H2,1H3/t23-/m1/s1. The van der Waals surface area contributed by atoms with Gasteiger partial charge in [-0.3, -0.25) is 9.69 Å². The minimum Gasteiger partial charge on any atom is -0.497 e. The second kappa shape index (κ2) is 9.28. The number of carbonyl (C=O) groups excluding carboxylic acids is 1. The van der Waals surface area contributed by atoms with Crippen molar-refractivity contribution in [3.05, 3.63) is 52.2 Å².